The molecule has 174 valence electrons. The molecule has 6 nitrogen and oxygen atoms in total. The van der Waals surface area contributed by atoms with E-state index in [2.05, 4.69) is 10.3 Å². The largest absolute Gasteiger partial charge is 0.348 e. The predicted molar refractivity (Wildman–Crippen MR) is 135 cm³/mol. The molecule has 2 amide bonds. The fourth-order valence-corrected chi connectivity index (χ4v) is 5.39. The van der Waals surface area contributed by atoms with Crippen molar-refractivity contribution in [2.45, 2.75) is 22.9 Å². The third-order valence-electron chi connectivity index (χ3n) is 5.70. The molecule has 0 radical (unpaired) electrons. The number of pyridine rings is 1. The maximum absolute atomic E-state index is 13.7. The van der Waals surface area contributed by atoms with Gasteiger partial charge in [0.1, 0.15) is 0 Å². The van der Waals surface area contributed by atoms with Crippen LogP contribution in [0.3, 0.4) is 0 Å². The van der Waals surface area contributed by atoms with Crippen molar-refractivity contribution in [2.75, 3.05) is 4.90 Å². The maximum atomic E-state index is 13.7. The first-order chi connectivity index (χ1) is 17.0. The van der Waals surface area contributed by atoms with Gasteiger partial charge in [-0.1, -0.05) is 41.9 Å². The van der Waals surface area contributed by atoms with Crippen LogP contribution in [0.4, 0.5) is 5.69 Å². The van der Waals surface area contributed by atoms with Gasteiger partial charge in [-0.3, -0.25) is 14.6 Å². The Labute approximate surface area is 210 Å². The number of hydrogen-bond donors (Lipinski definition) is 1. The van der Waals surface area contributed by atoms with Crippen LogP contribution in [0.2, 0.25) is 5.02 Å². The molecule has 0 bridgehead atoms. The molecule has 1 atom stereocenters. The summed E-state index contributed by atoms with van der Waals surface area (Å²) < 4.78 is 13.5. The summed E-state index contributed by atoms with van der Waals surface area (Å²) >= 11 is 6.04. The second kappa shape index (κ2) is 9.82. The first-order valence-corrected chi connectivity index (χ1v) is 12.4. The molecule has 0 fully saturated rings. The number of carbonyl (C=O) groups is 2. The van der Waals surface area contributed by atoms with Gasteiger partial charge in [0, 0.05) is 29.5 Å². The van der Waals surface area contributed by atoms with Crippen LogP contribution in [0.1, 0.15) is 31.8 Å². The second-order valence-electron chi connectivity index (χ2n) is 8.01. The smallest absolute Gasteiger partial charge is 0.259 e. The van der Waals surface area contributed by atoms with Crippen molar-refractivity contribution in [2.24, 2.45) is 0 Å². The first kappa shape index (κ1) is 23.0. The van der Waals surface area contributed by atoms with Gasteiger partial charge in [-0.25, -0.2) is 4.21 Å². The van der Waals surface area contributed by atoms with Crippen LogP contribution in [0.15, 0.2) is 101 Å². The minimum absolute atomic E-state index is 0.231. The number of rotatable bonds is 5. The van der Waals surface area contributed by atoms with Crippen LogP contribution in [0.5, 0.6) is 0 Å². The number of nitrogens with zero attached hydrogens (tertiary/aromatic N) is 2. The summed E-state index contributed by atoms with van der Waals surface area (Å²) in [6, 6.07) is 22.7. The molecule has 1 aliphatic rings. The minimum atomic E-state index is -1.59. The standard InChI is InChI=1S/C27H20ClN3O3S/c28-21-10-7-18(8-11-21)17-31-23-14-20(26(32)30-16-19-4-3-13-29-15-19)9-12-25(23)35(34)24-6-2-1-5-22(24)27(31)33/h1-15H,16-17H2,(H,30,32). The molecule has 35 heavy (non-hydrogen) atoms. The number of anilines is 1. The molecular formula is C27H20ClN3O3S. The Morgan fingerprint density at radius 2 is 1.74 bits per heavy atom. The molecule has 0 spiro atoms. The Morgan fingerprint density at radius 3 is 2.51 bits per heavy atom. The lowest BCUT2D eigenvalue weighted by atomic mass is 10.1. The zero-order valence-electron chi connectivity index (χ0n) is 18.5. The summed E-state index contributed by atoms with van der Waals surface area (Å²) in [5, 5.41) is 3.47. The first-order valence-electron chi connectivity index (χ1n) is 10.9. The molecule has 1 unspecified atom stereocenters. The second-order valence-corrected chi connectivity index (χ2v) is 9.86. The van der Waals surface area contributed by atoms with Gasteiger partial charge in [0.2, 0.25) is 0 Å². The van der Waals surface area contributed by atoms with E-state index in [0.29, 0.717) is 38.2 Å². The summed E-state index contributed by atoms with van der Waals surface area (Å²) in [7, 11) is -1.59. The minimum Gasteiger partial charge on any atom is -0.348 e. The summed E-state index contributed by atoms with van der Waals surface area (Å²) in [4.78, 5) is 33.2. The van der Waals surface area contributed by atoms with E-state index in [1.165, 1.54) is 0 Å². The Kier molecular flexibility index (Phi) is 6.44. The molecule has 8 heteroatoms. The average molecular weight is 502 g/mol. The van der Waals surface area contributed by atoms with Crippen molar-refractivity contribution in [3.63, 3.8) is 0 Å². The van der Waals surface area contributed by atoms with Crippen molar-refractivity contribution >= 4 is 39.9 Å². The van der Waals surface area contributed by atoms with Gasteiger partial charge in [-0.15, -0.1) is 0 Å². The lowest BCUT2D eigenvalue weighted by Gasteiger charge is -2.23. The summed E-state index contributed by atoms with van der Waals surface area (Å²) in [5.74, 6) is -0.585. The van der Waals surface area contributed by atoms with Crippen molar-refractivity contribution in [1.82, 2.24) is 10.3 Å². The fraction of sp³-hybridized carbons (Fsp3) is 0.0741. The highest BCUT2D eigenvalue weighted by atomic mass is 35.5. The van der Waals surface area contributed by atoms with Gasteiger partial charge in [0.05, 0.1) is 38.4 Å². The van der Waals surface area contributed by atoms with Crippen LogP contribution in [-0.4, -0.2) is 21.0 Å². The van der Waals surface area contributed by atoms with Crippen LogP contribution >= 0.6 is 11.6 Å². The van der Waals surface area contributed by atoms with E-state index in [9.17, 15) is 13.8 Å². The van der Waals surface area contributed by atoms with E-state index >= 15 is 0 Å². The van der Waals surface area contributed by atoms with E-state index in [0.717, 1.165) is 11.1 Å². The molecule has 0 saturated heterocycles. The van der Waals surface area contributed by atoms with E-state index in [1.54, 1.807) is 78.0 Å². The van der Waals surface area contributed by atoms with E-state index in [1.807, 2.05) is 18.2 Å². The Balaban J connectivity index is 1.54. The number of halogens is 1. The summed E-state index contributed by atoms with van der Waals surface area (Å²) in [5.41, 5.74) is 2.90. The lowest BCUT2D eigenvalue weighted by molar-refractivity contribution is 0.0947. The number of carbonyl (C=O) groups excluding carboxylic acids is 2. The maximum Gasteiger partial charge on any atom is 0.259 e. The summed E-state index contributed by atoms with van der Waals surface area (Å²) in [6.07, 6.45) is 3.35. The Hall–Kier alpha value is -3.81. The third-order valence-corrected chi connectivity index (χ3v) is 7.46. The quantitative estimate of drug-likeness (QED) is 0.417. The Bertz CT molecular complexity index is 1440. The highest BCUT2D eigenvalue weighted by molar-refractivity contribution is 7.85. The van der Waals surface area contributed by atoms with Crippen LogP contribution in [0, 0.1) is 0 Å². The highest BCUT2D eigenvalue weighted by Crippen LogP contribution is 2.36. The SMILES string of the molecule is O=C(NCc1cccnc1)c1ccc2c(c1)N(Cc1ccc(Cl)cc1)C(=O)c1ccccc1S2=O. The number of aromatic nitrogens is 1. The van der Waals surface area contributed by atoms with Crippen LogP contribution in [0.25, 0.3) is 0 Å². The third kappa shape index (κ3) is 4.73. The number of hydrogen-bond acceptors (Lipinski definition) is 4. The molecule has 4 aromatic rings. The average Bonchev–Trinajstić information content (AvgIpc) is 2.98. The molecule has 5 rings (SSSR count). The molecule has 0 saturated carbocycles. The topological polar surface area (TPSA) is 79.4 Å². The monoisotopic (exact) mass is 501 g/mol. The van der Waals surface area contributed by atoms with Gasteiger partial charge in [0.15, 0.2) is 0 Å². The van der Waals surface area contributed by atoms with Gasteiger partial charge < -0.3 is 10.2 Å². The molecule has 1 aliphatic heterocycles. The van der Waals surface area contributed by atoms with E-state index < -0.39 is 10.8 Å². The number of amides is 2. The molecule has 1 aromatic heterocycles. The Morgan fingerprint density at radius 1 is 0.943 bits per heavy atom. The molecular weight excluding hydrogens is 482 g/mol. The molecule has 1 N–H and O–H groups in total. The zero-order valence-corrected chi connectivity index (χ0v) is 20.1. The number of fused-ring (bicyclic) bond motifs is 2. The highest BCUT2D eigenvalue weighted by Gasteiger charge is 2.31. The lowest BCUT2D eigenvalue weighted by Crippen LogP contribution is -2.31. The van der Waals surface area contributed by atoms with E-state index in [-0.39, 0.29) is 18.4 Å². The fourth-order valence-electron chi connectivity index (χ4n) is 3.92. The number of nitrogens with one attached hydrogen (secondary N) is 1. The predicted octanol–water partition coefficient (Wildman–Crippen LogP) is 4.99. The zero-order chi connectivity index (χ0) is 24.4. The van der Waals surface area contributed by atoms with Gasteiger partial charge >= 0.3 is 0 Å². The van der Waals surface area contributed by atoms with Crippen LogP contribution in [-0.2, 0) is 23.9 Å². The van der Waals surface area contributed by atoms with Crippen molar-refractivity contribution < 1.29 is 13.8 Å². The molecule has 3 aromatic carbocycles. The van der Waals surface area contributed by atoms with Gasteiger partial charge in [-0.05, 0) is 59.7 Å². The molecule has 0 aliphatic carbocycles. The van der Waals surface area contributed by atoms with Crippen molar-refractivity contribution in [3.8, 4) is 0 Å². The van der Waals surface area contributed by atoms with Crippen LogP contribution < -0.4 is 10.2 Å². The normalized spacial score (nSPS) is 14.6. The van der Waals surface area contributed by atoms with Crippen molar-refractivity contribution in [1.29, 1.82) is 0 Å². The van der Waals surface area contributed by atoms with Gasteiger partial charge in [0.25, 0.3) is 11.8 Å². The number of benzene rings is 3. The molecule has 2 heterocycles. The van der Waals surface area contributed by atoms with Crippen molar-refractivity contribution in [3.05, 3.63) is 119 Å². The summed E-state index contributed by atoms with van der Waals surface area (Å²) in [6.45, 7) is 0.545. The van der Waals surface area contributed by atoms with E-state index in [4.69, 9.17) is 11.6 Å². The van der Waals surface area contributed by atoms with Gasteiger partial charge in [-0.2, -0.15) is 0 Å².